The van der Waals surface area contributed by atoms with Crippen molar-refractivity contribution in [3.63, 3.8) is 0 Å². The molecule has 0 bridgehead atoms. The molecule has 2 aromatic carbocycles. The van der Waals surface area contributed by atoms with Crippen molar-refractivity contribution in [2.45, 2.75) is 0 Å². The number of amides is 1. The van der Waals surface area contributed by atoms with Crippen molar-refractivity contribution >= 4 is 11.6 Å². The first-order valence-electron chi connectivity index (χ1n) is 6.81. The second kappa shape index (κ2) is 7.36. The van der Waals surface area contributed by atoms with Crippen molar-refractivity contribution in [2.24, 2.45) is 0 Å². The highest BCUT2D eigenvalue weighted by Crippen LogP contribution is 2.27. The average Bonchev–Trinajstić information content (AvgIpc) is 2.59. The van der Waals surface area contributed by atoms with E-state index in [1.54, 1.807) is 39.5 Å². The van der Waals surface area contributed by atoms with Crippen molar-refractivity contribution in [3.8, 4) is 17.2 Å². The van der Waals surface area contributed by atoms with Crippen LogP contribution in [0.5, 0.6) is 17.2 Å². The van der Waals surface area contributed by atoms with Crippen molar-refractivity contribution < 1.29 is 19.0 Å². The van der Waals surface area contributed by atoms with E-state index >= 15 is 0 Å². The maximum absolute atomic E-state index is 12.2. The molecule has 0 aliphatic heterocycles. The third-order valence-corrected chi connectivity index (χ3v) is 3.20. The molecule has 2 rings (SSSR count). The molecule has 0 saturated carbocycles. The molecule has 0 unspecified atom stereocenters. The van der Waals surface area contributed by atoms with Crippen molar-refractivity contribution in [3.05, 3.63) is 48.5 Å². The first-order chi connectivity index (χ1) is 10.6. The van der Waals surface area contributed by atoms with E-state index in [1.165, 1.54) is 4.90 Å². The van der Waals surface area contributed by atoms with Gasteiger partial charge in [0.2, 0.25) is 0 Å². The van der Waals surface area contributed by atoms with E-state index in [0.717, 1.165) is 0 Å². The van der Waals surface area contributed by atoms with Crippen LogP contribution < -0.4 is 19.1 Å². The largest absolute Gasteiger partial charge is 0.497 e. The number of carbonyl (C=O) groups excluding carboxylic acids is 1. The number of ether oxygens (including phenoxy) is 3. The van der Waals surface area contributed by atoms with E-state index < -0.39 is 0 Å². The Labute approximate surface area is 130 Å². The number of carbonyl (C=O) groups is 1. The fraction of sp³-hybridized carbons (Fsp3) is 0.235. The summed E-state index contributed by atoms with van der Waals surface area (Å²) in [6, 6.07) is 14.5. The number of benzene rings is 2. The predicted molar refractivity (Wildman–Crippen MR) is 84.9 cm³/mol. The summed E-state index contributed by atoms with van der Waals surface area (Å²) in [5.41, 5.74) is 0.679. The van der Waals surface area contributed by atoms with Crippen LogP contribution in [-0.4, -0.2) is 33.8 Å². The summed E-state index contributed by atoms with van der Waals surface area (Å²) in [4.78, 5) is 13.7. The monoisotopic (exact) mass is 301 g/mol. The van der Waals surface area contributed by atoms with Crippen molar-refractivity contribution in [1.29, 1.82) is 0 Å². The second-order valence-electron chi connectivity index (χ2n) is 4.63. The maximum Gasteiger partial charge on any atom is 0.264 e. The molecule has 0 N–H and O–H groups in total. The molecule has 2 aromatic rings. The highest BCUT2D eigenvalue weighted by molar-refractivity contribution is 5.94. The van der Waals surface area contributed by atoms with Gasteiger partial charge < -0.3 is 19.1 Å². The lowest BCUT2D eigenvalue weighted by Gasteiger charge is -2.19. The Kier molecular flexibility index (Phi) is 5.25. The molecule has 0 aromatic heterocycles. The van der Waals surface area contributed by atoms with Gasteiger partial charge in [0, 0.05) is 25.2 Å². The Bertz CT molecular complexity index is 606. The van der Waals surface area contributed by atoms with Gasteiger partial charge in [0.25, 0.3) is 5.91 Å². The van der Waals surface area contributed by atoms with Crippen LogP contribution in [-0.2, 0) is 4.79 Å². The Hall–Kier alpha value is -2.69. The fourth-order valence-electron chi connectivity index (χ4n) is 1.89. The molecule has 116 valence electrons. The lowest BCUT2D eigenvalue weighted by atomic mass is 10.2. The van der Waals surface area contributed by atoms with Gasteiger partial charge in [0.15, 0.2) is 6.61 Å². The Balaban J connectivity index is 2.06. The van der Waals surface area contributed by atoms with E-state index in [2.05, 4.69) is 0 Å². The number of para-hydroxylation sites is 1. The van der Waals surface area contributed by atoms with Gasteiger partial charge in [-0.25, -0.2) is 0 Å². The highest BCUT2D eigenvalue weighted by atomic mass is 16.5. The van der Waals surface area contributed by atoms with E-state index in [0.29, 0.717) is 22.9 Å². The highest BCUT2D eigenvalue weighted by Gasteiger charge is 2.14. The van der Waals surface area contributed by atoms with Crippen LogP contribution in [0.3, 0.4) is 0 Å². The van der Waals surface area contributed by atoms with Gasteiger partial charge in [-0.1, -0.05) is 18.2 Å². The number of methoxy groups -OCH3 is 2. The molecule has 0 fully saturated rings. The summed E-state index contributed by atoms with van der Waals surface area (Å²) < 4.78 is 15.9. The van der Waals surface area contributed by atoms with Crippen LogP contribution in [0, 0.1) is 0 Å². The molecule has 5 nitrogen and oxygen atoms in total. The zero-order chi connectivity index (χ0) is 15.9. The zero-order valence-corrected chi connectivity index (χ0v) is 12.9. The van der Waals surface area contributed by atoms with E-state index in [9.17, 15) is 4.79 Å². The molecule has 0 radical (unpaired) electrons. The third-order valence-electron chi connectivity index (χ3n) is 3.20. The van der Waals surface area contributed by atoms with Gasteiger partial charge in [-0.3, -0.25) is 4.79 Å². The average molecular weight is 301 g/mol. The lowest BCUT2D eigenvalue weighted by molar-refractivity contribution is -0.120. The molecule has 22 heavy (non-hydrogen) atoms. The molecule has 0 saturated heterocycles. The summed E-state index contributed by atoms with van der Waals surface area (Å²) in [6.07, 6.45) is 0. The number of anilines is 1. The smallest absolute Gasteiger partial charge is 0.264 e. The summed E-state index contributed by atoms with van der Waals surface area (Å²) in [6.45, 7) is -0.0416. The van der Waals surface area contributed by atoms with E-state index in [1.807, 2.05) is 30.3 Å². The third kappa shape index (κ3) is 3.91. The molecule has 0 aliphatic carbocycles. The molecular weight excluding hydrogens is 282 g/mol. The van der Waals surface area contributed by atoms with Crippen molar-refractivity contribution in [1.82, 2.24) is 0 Å². The summed E-state index contributed by atoms with van der Waals surface area (Å²) in [5, 5.41) is 0. The molecule has 5 heteroatoms. The quantitative estimate of drug-likeness (QED) is 0.823. The number of nitrogens with zero attached hydrogens (tertiary/aromatic N) is 1. The Morgan fingerprint density at radius 3 is 2.09 bits per heavy atom. The summed E-state index contributed by atoms with van der Waals surface area (Å²) in [7, 11) is 4.82. The normalized spacial score (nSPS) is 9.95. The predicted octanol–water partition coefficient (Wildman–Crippen LogP) is 2.75. The maximum atomic E-state index is 12.2. The van der Waals surface area contributed by atoms with Crippen LogP contribution in [0.2, 0.25) is 0 Å². The first-order valence-corrected chi connectivity index (χ1v) is 6.81. The van der Waals surface area contributed by atoms with Crippen LogP contribution in [0.1, 0.15) is 0 Å². The minimum atomic E-state index is -0.167. The lowest BCUT2D eigenvalue weighted by Crippen LogP contribution is -2.31. The Morgan fingerprint density at radius 1 is 0.955 bits per heavy atom. The van der Waals surface area contributed by atoms with Gasteiger partial charge in [-0.15, -0.1) is 0 Å². The van der Waals surface area contributed by atoms with Gasteiger partial charge in [-0.05, 0) is 12.1 Å². The second-order valence-corrected chi connectivity index (χ2v) is 4.63. The number of hydrogen-bond donors (Lipinski definition) is 0. The molecule has 1 amide bonds. The van der Waals surface area contributed by atoms with Crippen LogP contribution in [0.4, 0.5) is 5.69 Å². The van der Waals surface area contributed by atoms with Gasteiger partial charge >= 0.3 is 0 Å². The fourth-order valence-corrected chi connectivity index (χ4v) is 1.89. The standard InChI is InChI=1S/C17H19NO4/c1-18(13-9-15(20-2)11-16(10-13)21-3)17(19)12-22-14-7-5-4-6-8-14/h4-11H,12H2,1-3H3. The van der Waals surface area contributed by atoms with Crippen molar-refractivity contribution in [2.75, 3.05) is 32.8 Å². The summed E-state index contributed by atoms with van der Waals surface area (Å²) >= 11 is 0. The Morgan fingerprint density at radius 2 is 1.55 bits per heavy atom. The minimum absolute atomic E-state index is 0.0416. The molecule has 0 atom stereocenters. The SMILES string of the molecule is COc1cc(OC)cc(N(C)C(=O)COc2ccccc2)c1. The molecule has 0 aliphatic rings. The zero-order valence-electron chi connectivity index (χ0n) is 12.9. The van der Waals surface area contributed by atoms with Gasteiger partial charge in [0.05, 0.1) is 19.9 Å². The topological polar surface area (TPSA) is 48.0 Å². The molecule has 0 spiro atoms. The summed E-state index contributed by atoms with van der Waals surface area (Å²) in [5.74, 6) is 1.74. The molecular formula is C17H19NO4. The molecule has 0 heterocycles. The minimum Gasteiger partial charge on any atom is -0.497 e. The van der Waals surface area contributed by atoms with Crippen LogP contribution >= 0.6 is 0 Å². The first kappa shape index (κ1) is 15.7. The number of rotatable bonds is 6. The van der Waals surface area contributed by atoms with E-state index in [-0.39, 0.29) is 12.5 Å². The van der Waals surface area contributed by atoms with Crippen LogP contribution in [0.15, 0.2) is 48.5 Å². The van der Waals surface area contributed by atoms with E-state index in [4.69, 9.17) is 14.2 Å². The number of likely N-dealkylation sites (N-methyl/N-ethyl adjacent to an activating group) is 1. The van der Waals surface area contributed by atoms with Crippen LogP contribution in [0.25, 0.3) is 0 Å². The van der Waals surface area contributed by atoms with Gasteiger partial charge in [-0.2, -0.15) is 0 Å². The number of hydrogen-bond acceptors (Lipinski definition) is 4. The van der Waals surface area contributed by atoms with Gasteiger partial charge in [0.1, 0.15) is 17.2 Å².